The summed E-state index contributed by atoms with van der Waals surface area (Å²) in [5, 5.41) is 21.3. The lowest BCUT2D eigenvalue weighted by atomic mass is 9.94. The molecular formula is C24H24BrFN2O5. The molecule has 0 radical (unpaired) electrons. The van der Waals surface area contributed by atoms with Crippen LogP contribution in [0, 0.1) is 5.82 Å². The van der Waals surface area contributed by atoms with Crippen molar-refractivity contribution in [1.29, 1.82) is 0 Å². The number of likely N-dealkylation sites (tertiary alicyclic amines) is 1. The number of nitrogens with zero attached hydrogens (tertiary/aromatic N) is 2. The van der Waals surface area contributed by atoms with Crippen molar-refractivity contribution >= 4 is 33.4 Å². The second-order valence-corrected chi connectivity index (χ2v) is 8.90. The number of ether oxygens (including phenoxy) is 1. The lowest BCUT2D eigenvalue weighted by Gasteiger charge is -2.29. The summed E-state index contributed by atoms with van der Waals surface area (Å²) in [4.78, 5) is 29.5. The molecule has 2 N–H and O–H groups in total. The van der Waals surface area contributed by atoms with Gasteiger partial charge in [-0.3, -0.25) is 14.5 Å². The second-order valence-electron chi connectivity index (χ2n) is 7.98. The van der Waals surface area contributed by atoms with Gasteiger partial charge in [-0.05, 0) is 30.7 Å². The van der Waals surface area contributed by atoms with Gasteiger partial charge < -0.3 is 19.8 Å². The van der Waals surface area contributed by atoms with Gasteiger partial charge in [-0.2, -0.15) is 0 Å². The average Bonchev–Trinajstić information content (AvgIpc) is 3.06. The molecule has 2 aliphatic heterocycles. The topological polar surface area (TPSA) is 90.3 Å². The standard InChI is InChI=1S/C24H24BrFN2O5/c25-15-6-7-19(29)17(14-15)22(30)20-21(16-4-1-2-5-18(16)26)28(24(32)23(20)31)9-3-8-27-10-12-33-13-11-27/h1-2,4-7,14,21,29-30H,3,8-13H2/b22-20+. The number of aliphatic hydroxyl groups is 1. The van der Waals surface area contributed by atoms with Crippen molar-refractivity contribution in [2.24, 2.45) is 0 Å². The van der Waals surface area contributed by atoms with Crippen LogP contribution in [0.25, 0.3) is 5.76 Å². The molecule has 9 heteroatoms. The third-order valence-corrected chi connectivity index (χ3v) is 6.42. The first kappa shape index (κ1) is 23.4. The summed E-state index contributed by atoms with van der Waals surface area (Å²) in [6.07, 6.45) is 0.570. The minimum Gasteiger partial charge on any atom is -0.507 e. The fraction of sp³-hybridized carbons (Fsp3) is 0.333. The van der Waals surface area contributed by atoms with Crippen LogP contribution < -0.4 is 0 Å². The summed E-state index contributed by atoms with van der Waals surface area (Å²) in [5.74, 6) is -3.11. The molecule has 0 aliphatic carbocycles. The Balaban J connectivity index is 1.72. The molecule has 2 aromatic rings. The number of ketones is 1. The molecule has 0 saturated carbocycles. The van der Waals surface area contributed by atoms with E-state index < -0.39 is 29.3 Å². The van der Waals surface area contributed by atoms with E-state index in [-0.39, 0.29) is 29.0 Å². The summed E-state index contributed by atoms with van der Waals surface area (Å²) < 4.78 is 20.7. The smallest absolute Gasteiger partial charge is 0.295 e. The fourth-order valence-electron chi connectivity index (χ4n) is 4.26. The molecule has 1 atom stereocenters. The van der Waals surface area contributed by atoms with Crippen LogP contribution in [0.15, 0.2) is 52.5 Å². The number of morpholine rings is 1. The van der Waals surface area contributed by atoms with E-state index in [2.05, 4.69) is 20.8 Å². The number of hydrogen-bond donors (Lipinski definition) is 2. The van der Waals surface area contributed by atoms with Crippen LogP contribution in [0.3, 0.4) is 0 Å². The Kier molecular flexibility index (Phi) is 7.11. The molecule has 2 saturated heterocycles. The molecular weight excluding hydrogens is 495 g/mol. The molecule has 2 aliphatic rings. The van der Waals surface area contributed by atoms with Gasteiger partial charge in [0, 0.05) is 36.2 Å². The zero-order valence-electron chi connectivity index (χ0n) is 17.8. The fourth-order valence-corrected chi connectivity index (χ4v) is 4.62. The van der Waals surface area contributed by atoms with Gasteiger partial charge in [-0.1, -0.05) is 34.1 Å². The molecule has 7 nitrogen and oxygen atoms in total. The van der Waals surface area contributed by atoms with Gasteiger partial charge in [0.15, 0.2) is 0 Å². The van der Waals surface area contributed by atoms with Gasteiger partial charge in [0.25, 0.3) is 11.7 Å². The second kappa shape index (κ2) is 10.0. The number of Topliss-reactive ketones (excluding diaryl/α,β-unsaturated/α-hetero) is 1. The van der Waals surface area contributed by atoms with E-state index in [1.165, 1.54) is 35.2 Å². The third kappa shape index (κ3) is 4.80. The van der Waals surface area contributed by atoms with Crippen LogP contribution >= 0.6 is 15.9 Å². The molecule has 0 aromatic heterocycles. The lowest BCUT2D eigenvalue weighted by molar-refractivity contribution is -0.140. The Morgan fingerprint density at radius 2 is 1.85 bits per heavy atom. The Labute approximate surface area is 199 Å². The highest BCUT2D eigenvalue weighted by Gasteiger charge is 2.47. The number of halogens is 2. The van der Waals surface area contributed by atoms with Gasteiger partial charge in [0.2, 0.25) is 0 Å². The van der Waals surface area contributed by atoms with Crippen molar-refractivity contribution in [3.05, 3.63) is 69.5 Å². The van der Waals surface area contributed by atoms with Crippen LogP contribution in [0.2, 0.25) is 0 Å². The average molecular weight is 519 g/mol. The first-order chi connectivity index (χ1) is 15.9. The van der Waals surface area contributed by atoms with E-state index in [0.29, 0.717) is 30.7 Å². The Morgan fingerprint density at radius 3 is 2.58 bits per heavy atom. The maximum Gasteiger partial charge on any atom is 0.295 e. The Morgan fingerprint density at radius 1 is 1.12 bits per heavy atom. The van der Waals surface area contributed by atoms with E-state index in [1.807, 2.05) is 0 Å². The van der Waals surface area contributed by atoms with Crippen LogP contribution in [-0.2, 0) is 14.3 Å². The maximum atomic E-state index is 14.8. The Bertz CT molecular complexity index is 1100. The van der Waals surface area contributed by atoms with Gasteiger partial charge >= 0.3 is 0 Å². The van der Waals surface area contributed by atoms with E-state index in [1.54, 1.807) is 12.1 Å². The van der Waals surface area contributed by atoms with Crippen molar-refractivity contribution in [2.45, 2.75) is 12.5 Å². The van der Waals surface area contributed by atoms with Gasteiger partial charge in [0.05, 0.1) is 30.4 Å². The van der Waals surface area contributed by atoms with E-state index >= 15 is 0 Å². The summed E-state index contributed by atoms with van der Waals surface area (Å²) in [7, 11) is 0. The van der Waals surface area contributed by atoms with Gasteiger partial charge in [-0.25, -0.2) is 4.39 Å². The predicted molar refractivity (Wildman–Crippen MR) is 123 cm³/mol. The minimum atomic E-state index is -1.10. The molecule has 0 bridgehead atoms. The summed E-state index contributed by atoms with van der Waals surface area (Å²) in [6, 6.07) is 9.14. The van der Waals surface area contributed by atoms with Crippen molar-refractivity contribution in [2.75, 3.05) is 39.4 Å². The van der Waals surface area contributed by atoms with Gasteiger partial charge in [-0.15, -0.1) is 0 Å². The van der Waals surface area contributed by atoms with Crippen LogP contribution in [0.5, 0.6) is 5.75 Å². The molecule has 4 rings (SSSR count). The molecule has 33 heavy (non-hydrogen) atoms. The Hall–Kier alpha value is -2.75. The number of hydrogen-bond acceptors (Lipinski definition) is 6. The number of phenolic OH excluding ortho intramolecular Hbond substituents is 1. The summed E-state index contributed by atoms with van der Waals surface area (Å²) in [6.45, 7) is 3.78. The molecule has 2 heterocycles. The van der Waals surface area contributed by atoms with Crippen molar-refractivity contribution in [3.8, 4) is 5.75 Å². The monoisotopic (exact) mass is 518 g/mol. The summed E-state index contributed by atoms with van der Waals surface area (Å²) >= 11 is 3.28. The number of phenols is 1. The zero-order chi connectivity index (χ0) is 23.5. The molecule has 1 amide bonds. The zero-order valence-corrected chi connectivity index (χ0v) is 19.4. The molecule has 0 spiro atoms. The number of rotatable bonds is 6. The number of benzene rings is 2. The SMILES string of the molecule is O=C1C(=O)N(CCCN2CCOCC2)C(c2ccccc2F)/C1=C(\O)c1cc(Br)ccc1O. The predicted octanol–water partition coefficient (Wildman–Crippen LogP) is 3.44. The quantitative estimate of drug-likeness (QED) is 0.346. The number of amides is 1. The van der Waals surface area contributed by atoms with Crippen LogP contribution in [0.4, 0.5) is 4.39 Å². The van der Waals surface area contributed by atoms with E-state index in [9.17, 15) is 24.2 Å². The van der Waals surface area contributed by atoms with Crippen molar-refractivity contribution in [3.63, 3.8) is 0 Å². The first-order valence-electron chi connectivity index (χ1n) is 10.7. The number of aliphatic hydroxyl groups excluding tert-OH is 1. The lowest BCUT2D eigenvalue weighted by Crippen LogP contribution is -2.39. The number of carbonyl (C=O) groups excluding carboxylic acids is 2. The van der Waals surface area contributed by atoms with Crippen LogP contribution in [0.1, 0.15) is 23.6 Å². The van der Waals surface area contributed by atoms with Gasteiger partial charge in [0.1, 0.15) is 17.3 Å². The normalized spacial score (nSPS) is 21.0. The maximum absolute atomic E-state index is 14.8. The number of aromatic hydroxyl groups is 1. The molecule has 2 fully saturated rings. The molecule has 1 unspecified atom stereocenters. The van der Waals surface area contributed by atoms with Crippen molar-refractivity contribution in [1.82, 2.24) is 9.80 Å². The highest BCUT2D eigenvalue weighted by Crippen LogP contribution is 2.42. The van der Waals surface area contributed by atoms with Crippen LogP contribution in [-0.4, -0.2) is 71.1 Å². The summed E-state index contributed by atoms with van der Waals surface area (Å²) in [5.41, 5.74) is -0.152. The molecule has 2 aromatic carbocycles. The highest BCUT2D eigenvalue weighted by atomic mass is 79.9. The first-order valence-corrected chi connectivity index (χ1v) is 11.5. The number of carbonyl (C=O) groups is 2. The molecule has 174 valence electrons. The van der Waals surface area contributed by atoms with E-state index in [0.717, 1.165) is 13.1 Å². The van der Waals surface area contributed by atoms with E-state index in [4.69, 9.17) is 4.74 Å². The third-order valence-electron chi connectivity index (χ3n) is 5.93. The van der Waals surface area contributed by atoms with Crippen molar-refractivity contribution < 1.29 is 28.9 Å². The highest BCUT2D eigenvalue weighted by molar-refractivity contribution is 9.10. The minimum absolute atomic E-state index is 0.0166. The largest absolute Gasteiger partial charge is 0.507 e.